The highest BCUT2D eigenvalue weighted by Crippen LogP contribution is 1.95. The van der Waals surface area contributed by atoms with Crippen molar-refractivity contribution in [3.8, 4) is 0 Å². The quantitative estimate of drug-likeness (QED) is 0.399. The van der Waals surface area contributed by atoms with E-state index in [9.17, 15) is 9.59 Å². The molecule has 4 heteroatoms. The first-order valence-electron chi connectivity index (χ1n) is 6.13. The third-order valence-electron chi connectivity index (χ3n) is 1.97. The van der Waals surface area contributed by atoms with Gasteiger partial charge >= 0.3 is 11.9 Å². The summed E-state index contributed by atoms with van der Waals surface area (Å²) in [4.78, 5) is 20.8. The Balaban J connectivity index is 0. The standard InChI is InChI=1S/2C7H12O2/c1-4-6(3)9-7(8)5-2;1-3-5-6-9-7(8)4-2/h5-6H,2,4H2,1,3H3;4H,2-3,5-6H2,1H3. The second-order valence-corrected chi connectivity index (χ2v) is 3.59. The van der Waals surface area contributed by atoms with E-state index < -0.39 is 0 Å². The molecule has 0 amide bonds. The van der Waals surface area contributed by atoms with Crippen LogP contribution in [0.25, 0.3) is 0 Å². The van der Waals surface area contributed by atoms with Gasteiger partial charge in [0, 0.05) is 12.2 Å². The van der Waals surface area contributed by atoms with E-state index in [4.69, 9.17) is 4.74 Å². The zero-order chi connectivity index (χ0) is 14.4. The van der Waals surface area contributed by atoms with Crippen LogP contribution in [0.2, 0.25) is 0 Å². The van der Waals surface area contributed by atoms with E-state index in [-0.39, 0.29) is 18.0 Å². The number of esters is 2. The maximum atomic E-state index is 10.4. The summed E-state index contributed by atoms with van der Waals surface area (Å²) in [6, 6.07) is 0. The second-order valence-electron chi connectivity index (χ2n) is 3.59. The molecule has 0 N–H and O–H groups in total. The van der Waals surface area contributed by atoms with E-state index >= 15 is 0 Å². The lowest BCUT2D eigenvalue weighted by atomic mass is 10.3. The van der Waals surface area contributed by atoms with E-state index in [1.54, 1.807) is 0 Å². The lowest BCUT2D eigenvalue weighted by Crippen LogP contribution is -2.10. The first-order valence-corrected chi connectivity index (χ1v) is 6.13. The van der Waals surface area contributed by atoms with Crippen molar-refractivity contribution in [3.63, 3.8) is 0 Å². The Labute approximate surface area is 110 Å². The molecule has 1 atom stereocenters. The predicted molar refractivity (Wildman–Crippen MR) is 72.1 cm³/mol. The third kappa shape index (κ3) is 14.4. The Bertz CT molecular complexity index is 259. The number of rotatable bonds is 7. The fourth-order valence-corrected chi connectivity index (χ4v) is 0.706. The molecule has 0 aliphatic heterocycles. The summed E-state index contributed by atoms with van der Waals surface area (Å²) in [5.74, 6) is -0.673. The zero-order valence-corrected chi connectivity index (χ0v) is 11.6. The van der Waals surface area contributed by atoms with Crippen LogP contribution < -0.4 is 0 Å². The van der Waals surface area contributed by atoms with E-state index in [1.807, 2.05) is 20.8 Å². The van der Waals surface area contributed by atoms with Crippen molar-refractivity contribution < 1.29 is 19.1 Å². The van der Waals surface area contributed by atoms with Crippen molar-refractivity contribution in [1.82, 2.24) is 0 Å². The summed E-state index contributed by atoms with van der Waals surface area (Å²) in [6.45, 7) is 12.9. The molecule has 0 aromatic rings. The van der Waals surface area contributed by atoms with Crippen molar-refractivity contribution >= 4 is 11.9 Å². The number of carbonyl (C=O) groups excluding carboxylic acids is 2. The smallest absolute Gasteiger partial charge is 0.330 e. The summed E-state index contributed by atoms with van der Waals surface area (Å²) in [5, 5.41) is 0. The number of carbonyl (C=O) groups is 2. The van der Waals surface area contributed by atoms with E-state index in [1.165, 1.54) is 12.2 Å². The normalized spacial score (nSPS) is 10.4. The minimum Gasteiger partial charge on any atom is -0.463 e. The molecule has 0 saturated carbocycles. The van der Waals surface area contributed by atoms with Crippen molar-refractivity contribution in [2.24, 2.45) is 0 Å². The first-order chi connectivity index (χ1) is 8.51. The maximum Gasteiger partial charge on any atom is 0.330 e. The van der Waals surface area contributed by atoms with Gasteiger partial charge in [0.2, 0.25) is 0 Å². The highest BCUT2D eigenvalue weighted by molar-refractivity contribution is 5.81. The fourth-order valence-electron chi connectivity index (χ4n) is 0.706. The molecular formula is C14H24O4. The average molecular weight is 256 g/mol. The van der Waals surface area contributed by atoms with Gasteiger partial charge < -0.3 is 9.47 Å². The molecule has 0 rings (SSSR count). The summed E-state index contributed by atoms with van der Waals surface area (Å²) in [7, 11) is 0. The van der Waals surface area contributed by atoms with Gasteiger partial charge in [-0.3, -0.25) is 0 Å². The third-order valence-corrected chi connectivity index (χ3v) is 1.97. The summed E-state index contributed by atoms with van der Waals surface area (Å²) in [6.07, 6.45) is 5.18. The molecule has 4 nitrogen and oxygen atoms in total. The first kappa shape index (κ1) is 18.8. The van der Waals surface area contributed by atoms with Gasteiger partial charge in [-0.2, -0.15) is 0 Å². The molecule has 18 heavy (non-hydrogen) atoms. The Hall–Kier alpha value is -1.58. The van der Waals surface area contributed by atoms with Crippen LogP contribution >= 0.6 is 0 Å². The number of ether oxygens (including phenoxy) is 2. The second kappa shape index (κ2) is 13.5. The van der Waals surface area contributed by atoms with Crippen molar-refractivity contribution in [3.05, 3.63) is 25.3 Å². The molecule has 0 heterocycles. The Morgan fingerprint density at radius 1 is 1.17 bits per heavy atom. The zero-order valence-electron chi connectivity index (χ0n) is 11.6. The highest BCUT2D eigenvalue weighted by atomic mass is 16.5. The number of unbranched alkanes of at least 4 members (excludes halogenated alkanes) is 1. The molecule has 0 aromatic heterocycles. The summed E-state index contributed by atoms with van der Waals surface area (Å²) >= 11 is 0. The molecule has 0 aliphatic carbocycles. The van der Waals surface area contributed by atoms with Gasteiger partial charge in [-0.05, 0) is 19.8 Å². The van der Waals surface area contributed by atoms with Crippen LogP contribution in [0.1, 0.15) is 40.0 Å². The fraction of sp³-hybridized carbons (Fsp3) is 0.571. The lowest BCUT2D eigenvalue weighted by Gasteiger charge is -2.07. The van der Waals surface area contributed by atoms with Crippen LogP contribution in [0.15, 0.2) is 25.3 Å². The monoisotopic (exact) mass is 256 g/mol. The largest absolute Gasteiger partial charge is 0.463 e. The molecule has 104 valence electrons. The van der Waals surface area contributed by atoms with Crippen LogP contribution in [0.3, 0.4) is 0 Å². The summed E-state index contributed by atoms with van der Waals surface area (Å²) < 4.78 is 9.47. The van der Waals surface area contributed by atoms with Crippen LogP contribution in [0.5, 0.6) is 0 Å². The van der Waals surface area contributed by atoms with Crippen molar-refractivity contribution in [2.75, 3.05) is 6.61 Å². The minimum absolute atomic E-state index is 0.00972. The molecular weight excluding hydrogens is 232 g/mol. The predicted octanol–water partition coefficient (Wildman–Crippen LogP) is 3.03. The van der Waals surface area contributed by atoms with E-state index in [0.29, 0.717) is 6.61 Å². The van der Waals surface area contributed by atoms with Crippen LogP contribution in [0.4, 0.5) is 0 Å². The molecule has 0 fully saturated rings. The lowest BCUT2D eigenvalue weighted by molar-refractivity contribution is -0.142. The number of hydrogen-bond acceptors (Lipinski definition) is 4. The van der Waals surface area contributed by atoms with Crippen molar-refractivity contribution in [2.45, 2.75) is 46.1 Å². The molecule has 0 aromatic carbocycles. The van der Waals surface area contributed by atoms with Gasteiger partial charge in [0.15, 0.2) is 0 Å². The molecule has 0 saturated heterocycles. The molecule has 0 aliphatic rings. The molecule has 1 unspecified atom stereocenters. The average Bonchev–Trinajstić information content (AvgIpc) is 2.39. The Kier molecular flexibility index (Phi) is 14.1. The van der Waals surface area contributed by atoms with Crippen LogP contribution in [0, 0.1) is 0 Å². The SMILES string of the molecule is C=CC(=O)OC(C)CC.C=CC(=O)OCCCC. The van der Waals surface area contributed by atoms with Gasteiger partial charge in [-0.25, -0.2) is 9.59 Å². The Morgan fingerprint density at radius 3 is 2.11 bits per heavy atom. The number of hydrogen-bond donors (Lipinski definition) is 0. The van der Waals surface area contributed by atoms with Gasteiger partial charge in [0.1, 0.15) is 0 Å². The molecule has 0 spiro atoms. The topological polar surface area (TPSA) is 52.6 Å². The highest BCUT2D eigenvalue weighted by Gasteiger charge is 2.01. The Morgan fingerprint density at radius 2 is 1.72 bits per heavy atom. The summed E-state index contributed by atoms with van der Waals surface area (Å²) in [5.41, 5.74) is 0. The van der Waals surface area contributed by atoms with Gasteiger partial charge in [-0.1, -0.05) is 33.4 Å². The van der Waals surface area contributed by atoms with E-state index in [0.717, 1.165) is 19.3 Å². The van der Waals surface area contributed by atoms with Crippen LogP contribution in [-0.4, -0.2) is 24.6 Å². The maximum absolute atomic E-state index is 10.4. The van der Waals surface area contributed by atoms with Crippen molar-refractivity contribution in [1.29, 1.82) is 0 Å². The van der Waals surface area contributed by atoms with E-state index in [2.05, 4.69) is 17.9 Å². The van der Waals surface area contributed by atoms with Gasteiger partial charge in [-0.15, -0.1) is 0 Å². The van der Waals surface area contributed by atoms with Crippen LogP contribution in [-0.2, 0) is 19.1 Å². The molecule has 0 radical (unpaired) electrons. The van der Waals surface area contributed by atoms with Gasteiger partial charge in [0.25, 0.3) is 0 Å². The van der Waals surface area contributed by atoms with Gasteiger partial charge in [0.05, 0.1) is 12.7 Å². The molecule has 0 bridgehead atoms. The minimum atomic E-state index is -0.343.